The monoisotopic (exact) mass is 233 g/mol. The van der Waals surface area contributed by atoms with Gasteiger partial charge in [0.2, 0.25) is 0 Å². The van der Waals surface area contributed by atoms with Crippen molar-refractivity contribution in [2.75, 3.05) is 20.6 Å². The number of benzene rings is 1. The number of nitrogens with zero attached hydrogens (tertiary/aromatic N) is 1. The van der Waals surface area contributed by atoms with Gasteiger partial charge in [0.05, 0.1) is 5.60 Å². The molecule has 0 aromatic heterocycles. The molecule has 1 fully saturated rings. The summed E-state index contributed by atoms with van der Waals surface area (Å²) in [4.78, 5) is 2.17. The van der Waals surface area contributed by atoms with E-state index in [0.717, 1.165) is 32.2 Å². The Labute approximate surface area is 104 Å². The molecule has 1 unspecified atom stereocenters. The summed E-state index contributed by atoms with van der Waals surface area (Å²) in [5, 5.41) is 10.8. The predicted octanol–water partition coefficient (Wildman–Crippen LogP) is 2.64. The zero-order chi connectivity index (χ0) is 12.3. The summed E-state index contributed by atoms with van der Waals surface area (Å²) in [6, 6.07) is 10.5. The van der Waals surface area contributed by atoms with Crippen LogP contribution in [0.25, 0.3) is 0 Å². The lowest BCUT2D eigenvalue weighted by molar-refractivity contribution is 0.0106. The number of hydrogen-bond acceptors (Lipinski definition) is 2. The third kappa shape index (κ3) is 2.88. The van der Waals surface area contributed by atoms with Crippen LogP contribution >= 0.6 is 0 Å². The smallest absolute Gasteiger partial charge is 0.0728 e. The van der Waals surface area contributed by atoms with Gasteiger partial charge in [0.25, 0.3) is 0 Å². The normalized spacial score (nSPS) is 20.7. The van der Waals surface area contributed by atoms with E-state index in [4.69, 9.17) is 0 Å². The molecule has 1 N–H and O–H groups in total. The van der Waals surface area contributed by atoms with Crippen LogP contribution in [0.1, 0.15) is 37.2 Å². The molecule has 1 atom stereocenters. The lowest BCUT2D eigenvalue weighted by Crippen LogP contribution is -2.39. The largest absolute Gasteiger partial charge is 0.389 e. The van der Waals surface area contributed by atoms with Gasteiger partial charge in [-0.05, 0) is 32.5 Å². The van der Waals surface area contributed by atoms with E-state index in [1.54, 1.807) is 0 Å². The number of aliphatic hydroxyl groups is 1. The molecule has 94 valence electrons. The molecular formula is C15H23NO. The van der Waals surface area contributed by atoms with Crippen molar-refractivity contribution in [1.29, 1.82) is 0 Å². The first-order valence-electron chi connectivity index (χ1n) is 6.54. The van der Waals surface area contributed by atoms with E-state index < -0.39 is 5.60 Å². The molecule has 1 aromatic rings. The highest BCUT2D eigenvalue weighted by Gasteiger charge is 2.40. The van der Waals surface area contributed by atoms with E-state index in [9.17, 15) is 5.11 Å². The first-order chi connectivity index (χ1) is 8.12. The van der Waals surface area contributed by atoms with E-state index in [-0.39, 0.29) is 5.92 Å². The second-order valence-corrected chi connectivity index (χ2v) is 5.54. The lowest BCUT2D eigenvalue weighted by atomic mass is 9.80. The topological polar surface area (TPSA) is 23.5 Å². The molecule has 1 saturated carbocycles. The van der Waals surface area contributed by atoms with Crippen LogP contribution in [0.2, 0.25) is 0 Å². The van der Waals surface area contributed by atoms with Crippen molar-refractivity contribution in [2.45, 2.75) is 37.2 Å². The quantitative estimate of drug-likeness (QED) is 0.864. The van der Waals surface area contributed by atoms with Gasteiger partial charge in [-0.2, -0.15) is 0 Å². The maximum atomic E-state index is 10.8. The SMILES string of the molecule is CN(C)CC(c1ccccc1)C1(O)CCCC1. The fourth-order valence-electron chi connectivity index (χ4n) is 2.97. The average molecular weight is 233 g/mol. The van der Waals surface area contributed by atoms with E-state index in [1.807, 2.05) is 6.07 Å². The number of likely N-dealkylation sites (N-methyl/N-ethyl adjacent to an activating group) is 1. The van der Waals surface area contributed by atoms with Gasteiger partial charge in [-0.3, -0.25) is 0 Å². The Balaban J connectivity index is 2.25. The molecule has 1 aliphatic rings. The Morgan fingerprint density at radius 3 is 2.29 bits per heavy atom. The fraction of sp³-hybridized carbons (Fsp3) is 0.600. The second kappa shape index (κ2) is 5.19. The van der Waals surface area contributed by atoms with Crippen LogP contribution in [0.4, 0.5) is 0 Å². The molecule has 0 heterocycles. The first-order valence-corrected chi connectivity index (χ1v) is 6.54. The highest BCUT2D eigenvalue weighted by molar-refractivity contribution is 5.24. The minimum Gasteiger partial charge on any atom is -0.389 e. The van der Waals surface area contributed by atoms with E-state index in [1.165, 1.54) is 5.56 Å². The van der Waals surface area contributed by atoms with Gasteiger partial charge in [0.1, 0.15) is 0 Å². The van der Waals surface area contributed by atoms with Gasteiger partial charge in [0.15, 0.2) is 0 Å². The highest BCUT2D eigenvalue weighted by atomic mass is 16.3. The molecule has 0 spiro atoms. The van der Waals surface area contributed by atoms with E-state index >= 15 is 0 Å². The second-order valence-electron chi connectivity index (χ2n) is 5.54. The molecule has 2 nitrogen and oxygen atoms in total. The number of rotatable bonds is 4. The summed E-state index contributed by atoms with van der Waals surface area (Å²) in [7, 11) is 4.16. The molecule has 2 heteroatoms. The van der Waals surface area contributed by atoms with Gasteiger partial charge in [-0.1, -0.05) is 43.2 Å². The molecule has 1 aromatic carbocycles. The van der Waals surface area contributed by atoms with Gasteiger partial charge in [-0.25, -0.2) is 0 Å². The highest BCUT2D eigenvalue weighted by Crippen LogP contribution is 2.41. The number of hydrogen-bond donors (Lipinski definition) is 1. The fourth-order valence-corrected chi connectivity index (χ4v) is 2.97. The van der Waals surface area contributed by atoms with Crippen molar-refractivity contribution < 1.29 is 5.11 Å². The zero-order valence-corrected chi connectivity index (χ0v) is 10.9. The lowest BCUT2D eigenvalue weighted by Gasteiger charge is -2.35. The zero-order valence-electron chi connectivity index (χ0n) is 10.9. The van der Waals surface area contributed by atoms with Crippen LogP contribution in [-0.4, -0.2) is 36.2 Å². The Morgan fingerprint density at radius 1 is 1.18 bits per heavy atom. The van der Waals surface area contributed by atoms with Gasteiger partial charge < -0.3 is 10.0 Å². The molecule has 0 saturated heterocycles. The third-order valence-corrected chi connectivity index (χ3v) is 3.87. The van der Waals surface area contributed by atoms with Crippen molar-refractivity contribution >= 4 is 0 Å². The van der Waals surface area contributed by atoms with Crippen molar-refractivity contribution in [3.8, 4) is 0 Å². The average Bonchev–Trinajstić information content (AvgIpc) is 2.75. The molecule has 1 aliphatic carbocycles. The maximum absolute atomic E-state index is 10.8. The summed E-state index contributed by atoms with van der Waals surface area (Å²) in [5.41, 5.74) is 0.775. The molecule has 0 aliphatic heterocycles. The minimum atomic E-state index is -0.494. The Bertz CT molecular complexity index is 341. The maximum Gasteiger partial charge on any atom is 0.0728 e. The standard InChI is InChI=1S/C15H23NO/c1-16(2)12-14(13-8-4-3-5-9-13)15(17)10-6-7-11-15/h3-5,8-9,14,17H,6-7,10-12H2,1-2H3. The Morgan fingerprint density at radius 2 is 1.76 bits per heavy atom. The van der Waals surface area contributed by atoms with Crippen LogP contribution in [0, 0.1) is 0 Å². The van der Waals surface area contributed by atoms with Crippen LogP contribution in [-0.2, 0) is 0 Å². The minimum absolute atomic E-state index is 0.237. The molecule has 0 bridgehead atoms. The molecule has 0 radical (unpaired) electrons. The summed E-state index contributed by atoms with van der Waals surface area (Å²) < 4.78 is 0. The van der Waals surface area contributed by atoms with Gasteiger partial charge in [-0.15, -0.1) is 0 Å². The summed E-state index contributed by atoms with van der Waals surface area (Å²) in [5.74, 6) is 0.237. The van der Waals surface area contributed by atoms with Crippen molar-refractivity contribution in [3.63, 3.8) is 0 Å². The Hall–Kier alpha value is -0.860. The Kier molecular flexibility index (Phi) is 3.85. The van der Waals surface area contributed by atoms with Crippen molar-refractivity contribution in [1.82, 2.24) is 4.90 Å². The van der Waals surface area contributed by atoms with Crippen molar-refractivity contribution in [3.05, 3.63) is 35.9 Å². The van der Waals surface area contributed by atoms with Crippen LogP contribution < -0.4 is 0 Å². The third-order valence-electron chi connectivity index (χ3n) is 3.87. The summed E-state index contributed by atoms with van der Waals surface area (Å²) >= 11 is 0. The van der Waals surface area contributed by atoms with E-state index in [0.29, 0.717) is 0 Å². The summed E-state index contributed by atoms with van der Waals surface area (Å²) in [6.45, 7) is 0.917. The summed E-state index contributed by atoms with van der Waals surface area (Å²) in [6.07, 6.45) is 4.21. The molecular weight excluding hydrogens is 210 g/mol. The van der Waals surface area contributed by atoms with Crippen LogP contribution in [0.3, 0.4) is 0 Å². The predicted molar refractivity (Wildman–Crippen MR) is 71.2 cm³/mol. The molecule has 2 rings (SSSR count). The van der Waals surface area contributed by atoms with E-state index in [2.05, 4.69) is 43.3 Å². The first kappa shape index (κ1) is 12.6. The van der Waals surface area contributed by atoms with Crippen LogP contribution in [0.5, 0.6) is 0 Å². The molecule has 17 heavy (non-hydrogen) atoms. The van der Waals surface area contributed by atoms with Gasteiger partial charge >= 0.3 is 0 Å². The van der Waals surface area contributed by atoms with Crippen LogP contribution in [0.15, 0.2) is 30.3 Å². The molecule has 0 amide bonds. The van der Waals surface area contributed by atoms with Gasteiger partial charge in [0, 0.05) is 12.5 Å². The van der Waals surface area contributed by atoms with Crippen molar-refractivity contribution in [2.24, 2.45) is 0 Å².